The average Bonchev–Trinajstić information content (AvgIpc) is 2.50. The average molecular weight is 290 g/mol. The van der Waals surface area contributed by atoms with Crippen LogP contribution in [0.3, 0.4) is 0 Å². The minimum Gasteiger partial charge on any atom is -0.482 e. The van der Waals surface area contributed by atoms with Crippen LogP contribution in [0.4, 0.5) is 5.69 Å². The number of nitrogens with one attached hydrogen (secondary N) is 2. The molecule has 1 amide bonds. The Labute approximate surface area is 127 Å². The molecule has 0 aliphatic carbocycles. The summed E-state index contributed by atoms with van der Waals surface area (Å²) in [7, 11) is 1.99. The highest BCUT2D eigenvalue weighted by atomic mass is 16.5. The number of fused-ring (bicyclic) bond motifs is 1. The van der Waals surface area contributed by atoms with Gasteiger partial charge in [0.05, 0.1) is 5.69 Å². The van der Waals surface area contributed by atoms with Gasteiger partial charge in [0.25, 0.3) is 5.91 Å². The van der Waals surface area contributed by atoms with Gasteiger partial charge in [-0.3, -0.25) is 4.79 Å². The van der Waals surface area contributed by atoms with Gasteiger partial charge < -0.3 is 15.4 Å². The molecule has 116 valence electrons. The second-order valence-electron chi connectivity index (χ2n) is 5.64. The van der Waals surface area contributed by atoms with Crippen molar-refractivity contribution in [1.82, 2.24) is 5.32 Å². The van der Waals surface area contributed by atoms with Crippen LogP contribution in [0.25, 0.3) is 0 Å². The maximum absolute atomic E-state index is 11.4. The minimum absolute atomic E-state index is 0.0831. The van der Waals surface area contributed by atoms with Gasteiger partial charge in [-0.05, 0) is 31.2 Å². The summed E-state index contributed by atoms with van der Waals surface area (Å²) in [5, 5.41) is 6.25. The van der Waals surface area contributed by atoms with Crippen molar-refractivity contribution in [2.45, 2.75) is 51.5 Å². The first kappa shape index (κ1) is 15.8. The number of anilines is 1. The monoisotopic (exact) mass is 290 g/mol. The highest BCUT2D eigenvalue weighted by Crippen LogP contribution is 2.31. The van der Waals surface area contributed by atoms with E-state index in [2.05, 4.69) is 23.6 Å². The van der Waals surface area contributed by atoms with E-state index in [0.717, 1.165) is 17.9 Å². The summed E-state index contributed by atoms with van der Waals surface area (Å²) in [6.07, 6.45) is 7.56. The van der Waals surface area contributed by atoms with Crippen LogP contribution in [0, 0.1) is 0 Å². The Balaban J connectivity index is 1.95. The fourth-order valence-electron chi connectivity index (χ4n) is 2.75. The molecule has 0 bridgehead atoms. The molecular weight excluding hydrogens is 264 g/mol. The summed E-state index contributed by atoms with van der Waals surface area (Å²) in [4.78, 5) is 11.4. The largest absolute Gasteiger partial charge is 0.482 e. The topological polar surface area (TPSA) is 50.4 Å². The molecule has 1 aliphatic rings. The highest BCUT2D eigenvalue weighted by molar-refractivity contribution is 5.95. The van der Waals surface area contributed by atoms with Crippen molar-refractivity contribution in [3.63, 3.8) is 0 Å². The van der Waals surface area contributed by atoms with E-state index in [1.807, 2.05) is 19.2 Å². The third-order valence-corrected chi connectivity index (χ3v) is 3.98. The smallest absolute Gasteiger partial charge is 0.262 e. The normalized spacial score (nSPS) is 15.0. The SMILES string of the molecule is CCCCCCCC(NC)c1ccc2c(c1)NC(=O)CO2. The second-order valence-corrected chi connectivity index (χ2v) is 5.64. The van der Waals surface area contributed by atoms with Gasteiger partial charge >= 0.3 is 0 Å². The molecule has 0 fully saturated rings. The van der Waals surface area contributed by atoms with Gasteiger partial charge in [-0.2, -0.15) is 0 Å². The summed E-state index contributed by atoms with van der Waals surface area (Å²) in [6, 6.07) is 6.39. The fraction of sp³-hybridized carbons (Fsp3) is 0.588. The predicted octanol–water partition coefficient (Wildman–Crippen LogP) is 3.64. The molecule has 4 heteroatoms. The van der Waals surface area contributed by atoms with Gasteiger partial charge in [0.1, 0.15) is 5.75 Å². The third-order valence-electron chi connectivity index (χ3n) is 3.98. The molecule has 1 heterocycles. The number of carbonyl (C=O) groups is 1. The van der Waals surface area contributed by atoms with Crippen LogP contribution < -0.4 is 15.4 Å². The number of amides is 1. The second kappa shape index (κ2) is 8.03. The summed E-state index contributed by atoms with van der Waals surface area (Å²) >= 11 is 0. The number of unbranched alkanes of at least 4 members (excludes halogenated alkanes) is 4. The van der Waals surface area contributed by atoms with Crippen molar-refractivity contribution in [2.24, 2.45) is 0 Å². The molecule has 1 aromatic rings. The highest BCUT2D eigenvalue weighted by Gasteiger charge is 2.18. The third kappa shape index (κ3) is 4.46. The number of benzene rings is 1. The van der Waals surface area contributed by atoms with Crippen LogP contribution >= 0.6 is 0 Å². The van der Waals surface area contributed by atoms with E-state index in [-0.39, 0.29) is 12.5 Å². The Morgan fingerprint density at radius 3 is 2.86 bits per heavy atom. The van der Waals surface area contributed by atoms with Crippen LogP contribution in [-0.4, -0.2) is 19.6 Å². The van der Waals surface area contributed by atoms with Gasteiger partial charge in [-0.1, -0.05) is 45.1 Å². The zero-order valence-corrected chi connectivity index (χ0v) is 13.1. The van der Waals surface area contributed by atoms with E-state index in [0.29, 0.717) is 6.04 Å². The van der Waals surface area contributed by atoms with Gasteiger partial charge in [-0.25, -0.2) is 0 Å². The lowest BCUT2D eigenvalue weighted by Gasteiger charge is -2.22. The standard InChI is InChI=1S/C17H26N2O2/c1-3-4-5-6-7-8-14(18-2)13-9-10-16-15(11-13)19-17(20)12-21-16/h9-11,14,18H,3-8,12H2,1-2H3,(H,19,20). The van der Waals surface area contributed by atoms with Crippen molar-refractivity contribution in [1.29, 1.82) is 0 Å². The summed E-state index contributed by atoms with van der Waals surface area (Å²) < 4.78 is 5.40. The van der Waals surface area contributed by atoms with E-state index in [1.54, 1.807) is 0 Å². The maximum atomic E-state index is 11.4. The van der Waals surface area contributed by atoms with Crippen molar-refractivity contribution >= 4 is 11.6 Å². The van der Waals surface area contributed by atoms with Gasteiger partial charge in [0, 0.05) is 6.04 Å². The Morgan fingerprint density at radius 2 is 2.10 bits per heavy atom. The minimum atomic E-state index is -0.0831. The first-order valence-corrected chi connectivity index (χ1v) is 7.98. The van der Waals surface area contributed by atoms with E-state index in [1.165, 1.54) is 37.7 Å². The number of carbonyl (C=O) groups excluding carboxylic acids is 1. The molecule has 2 N–H and O–H groups in total. The lowest BCUT2D eigenvalue weighted by Crippen LogP contribution is -2.26. The molecule has 21 heavy (non-hydrogen) atoms. The Bertz CT molecular complexity index is 474. The summed E-state index contributed by atoms with van der Waals surface area (Å²) in [6.45, 7) is 2.35. The first-order valence-electron chi connectivity index (χ1n) is 7.98. The van der Waals surface area contributed by atoms with E-state index < -0.39 is 0 Å². The molecule has 2 rings (SSSR count). The van der Waals surface area contributed by atoms with Crippen LogP contribution in [0.1, 0.15) is 57.1 Å². The molecular formula is C17H26N2O2. The lowest BCUT2D eigenvalue weighted by atomic mass is 9.99. The number of hydrogen-bond acceptors (Lipinski definition) is 3. The number of rotatable bonds is 8. The molecule has 1 atom stereocenters. The van der Waals surface area contributed by atoms with E-state index in [9.17, 15) is 4.79 Å². The molecule has 0 saturated heterocycles. The van der Waals surface area contributed by atoms with Crippen LogP contribution in [-0.2, 0) is 4.79 Å². The van der Waals surface area contributed by atoms with Gasteiger partial charge in [0.15, 0.2) is 6.61 Å². The molecule has 1 aromatic carbocycles. The molecule has 4 nitrogen and oxygen atoms in total. The fourth-order valence-corrected chi connectivity index (χ4v) is 2.75. The molecule has 0 spiro atoms. The summed E-state index contributed by atoms with van der Waals surface area (Å²) in [5.41, 5.74) is 1.99. The first-order chi connectivity index (χ1) is 10.2. The Hall–Kier alpha value is -1.55. The molecule has 0 aromatic heterocycles. The van der Waals surface area contributed by atoms with Gasteiger partial charge in [-0.15, -0.1) is 0 Å². The van der Waals surface area contributed by atoms with Crippen molar-refractivity contribution < 1.29 is 9.53 Å². The quantitative estimate of drug-likeness (QED) is 0.719. The predicted molar refractivity (Wildman–Crippen MR) is 85.7 cm³/mol. The van der Waals surface area contributed by atoms with Crippen molar-refractivity contribution in [2.75, 3.05) is 19.0 Å². The molecule has 1 unspecified atom stereocenters. The van der Waals surface area contributed by atoms with Crippen molar-refractivity contribution in [3.8, 4) is 5.75 Å². The molecule has 0 radical (unpaired) electrons. The number of ether oxygens (including phenoxy) is 1. The maximum Gasteiger partial charge on any atom is 0.262 e. The Kier molecular flexibility index (Phi) is 6.05. The zero-order chi connectivity index (χ0) is 15.1. The summed E-state index contributed by atoms with van der Waals surface area (Å²) in [5.74, 6) is 0.677. The van der Waals surface area contributed by atoms with Crippen LogP contribution in [0.2, 0.25) is 0 Å². The van der Waals surface area contributed by atoms with Crippen LogP contribution in [0.15, 0.2) is 18.2 Å². The van der Waals surface area contributed by atoms with Gasteiger partial charge in [0.2, 0.25) is 0 Å². The Morgan fingerprint density at radius 1 is 1.29 bits per heavy atom. The molecule has 1 aliphatic heterocycles. The lowest BCUT2D eigenvalue weighted by molar-refractivity contribution is -0.118. The van der Waals surface area contributed by atoms with Crippen LogP contribution in [0.5, 0.6) is 5.75 Å². The van der Waals surface area contributed by atoms with Crippen molar-refractivity contribution in [3.05, 3.63) is 23.8 Å². The number of hydrogen-bond donors (Lipinski definition) is 2. The van der Waals surface area contributed by atoms with E-state index >= 15 is 0 Å². The van der Waals surface area contributed by atoms with E-state index in [4.69, 9.17) is 4.74 Å². The zero-order valence-electron chi connectivity index (χ0n) is 13.1. The molecule has 0 saturated carbocycles.